The van der Waals surface area contributed by atoms with Crippen LogP contribution in [0.4, 0.5) is 0 Å². The lowest BCUT2D eigenvalue weighted by Crippen LogP contribution is -2.59. The average Bonchev–Trinajstić information content (AvgIpc) is 2.55. The van der Waals surface area contributed by atoms with Crippen LogP contribution in [0.2, 0.25) is 0 Å². The van der Waals surface area contributed by atoms with Gasteiger partial charge in [-0.25, -0.2) is 0 Å². The van der Waals surface area contributed by atoms with Crippen molar-refractivity contribution < 1.29 is 9.53 Å². The third-order valence-electron chi connectivity index (χ3n) is 4.89. The Labute approximate surface area is 144 Å². The lowest BCUT2D eigenvalue weighted by Gasteiger charge is -2.42. The van der Waals surface area contributed by atoms with Crippen LogP contribution in [0.5, 0.6) is 0 Å². The predicted molar refractivity (Wildman–Crippen MR) is 93.6 cm³/mol. The van der Waals surface area contributed by atoms with Crippen LogP contribution in [-0.4, -0.2) is 35.5 Å². The minimum Gasteiger partial charge on any atom is -0.367 e. The van der Waals surface area contributed by atoms with Gasteiger partial charge in [0.15, 0.2) is 0 Å². The molecular weight excluding hydrogens is 312 g/mol. The fourth-order valence-corrected chi connectivity index (χ4v) is 3.68. The summed E-state index contributed by atoms with van der Waals surface area (Å²) in [7, 11) is 0. The van der Waals surface area contributed by atoms with Crippen molar-refractivity contribution >= 4 is 18.3 Å². The minimum absolute atomic E-state index is 0. The lowest BCUT2D eigenvalue weighted by molar-refractivity contribution is -0.151. The Bertz CT molecular complexity index is 517. The van der Waals surface area contributed by atoms with Crippen molar-refractivity contribution in [2.45, 2.75) is 56.8 Å². The van der Waals surface area contributed by atoms with Gasteiger partial charge in [-0.3, -0.25) is 4.79 Å². The molecule has 2 atom stereocenters. The van der Waals surface area contributed by atoms with Gasteiger partial charge in [0.1, 0.15) is 6.10 Å². The van der Waals surface area contributed by atoms with Gasteiger partial charge in [-0.15, -0.1) is 12.4 Å². The Balaban J connectivity index is 0.00000192. The Morgan fingerprint density at radius 2 is 1.83 bits per heavy atom. The first-order chi connectivity index (χ1) is 10.6. The summed E-state index contributed by atoms with van der Waals surface area (Å²) in [5.74, 6) is 0.114. The first-order valence-electron chi connectivity index (χ1n) is 8.37. The number of nitrogens with two attached hydrogens (primary N) is 1. The van der Waals surface area contributed by atoms with Crippen molar-refractivity contribution in [1.82, 2.24) is 4.90 Å². The summed E-state index contributed by atoms with van der Waals surface area (Å²) in [6.07, 6.45) is 4.92. The van der Waals surface area contributed by atoms with Gasteiger partial charge in [-0.2, -0.15) is 0 Å². The SMILES string of the molecule is CC1CN(C(=O)C2(N)CCCCC2)CC(c2ccccc2)O1.Cl. The Hall–Kier alpha value is -1.10. The molecule has 2 fully saturated rings. The largest absolute Gasteiger partial charge is 0.367 e. The number of hydrogen-bond donors (Lipinski definition) is 1. The molecule has 2 aliphatic rings. The van der Waals surface area contributed by atoms with Crippen molar-refractivity contribution in [3.8, 4) is 0 Å². The fraction of sp³-hybridized carbons (Fsp3) is 0.611. The van der Waals surface area contributed by atoms with E-state index in [9.17, 15) is 4.79 Å². The molecule has 3 rings (SSSR count). The van der Waals surface area contributed by atoms with Gasteiger partial charge in [-0.1, -0.05) is 49.6 Å². The van der Waals surface area contributed by atoms with Crippen LogP contribution in [0.1, 0.15) is 50.7 Å². The quantitative estimate of drug-likeness (QED) is 0.901. The number of morpholine rings is 1. The van der Waals surface area contributed by atoms with Gasteiger partial charge in [0, 0.05) is 6.54 Å². The number of carbonyl (C=O) groups is 1. The zero-order valence-electron chi connectivity index (χ0n) is 13.7. The molecule has 23 heavy (non-hydrogen) atoms. The van der Waals surface area contributed by atoms with Crippen LogP contribution in [0.25, 0.3) is 0 Å². The second-order valence-corrected chi connectivity index (χ2v) is 6.77. The van der Waals surface area contributed by atoms with E-state index >= 15 is 0 Å². The first kappa shape index (κ1) is 18.2. The van der Waals surface area contributed by atoms with Gasteiger partial charge in [-0.05, 0) is 25.3 Å². The standard InChI is InChI=1S/C18H26N2O2.ClH/c1-14-12-20(17(21)18(19)10-6-3-7-11-18)13-16(22-14)15-8-4-2-5-9-15;/h2,4-5,8-9,14,16H,3,6-7,10-13,19H2,1H3;1H. The van der Waals surface area contributed by atoms with Gasteiger partial charge in [0.2, 0.25) is 5.91 Å². The molecular formula is C18H27ClN2O2. The topological polar surface area (TPSA) is 55.6 Å². The second-order valence-electron chi connectivity index (χ2n) is 6.77. The van der Waals surface area contributed by atoms with Crippen LogP contribution in [0.15, 0.2) is 30.3 Å². The lowest BCUT2D eigenvalue weighted by atomic mass is 9.81. The van der Waals surface area contributed by atoms with E-state index in [0.29, 0.717) is 13.1 Å². The van der Waals surface area contributed by atoms with Crippen LogP contribution < -0.4 is 5.73 Å². The third kappa shape index (κ3) is 4.06. The Morgan fingerprint density at radius 1 is 1.17 bits per heavy atom. The molecule has 0 aromatic heterocycles. The van der Waals surface area contributed by atoms with E-state index in [4.69, 9.17) is 10.5 Å². The molecule has 1 aromatic rings. The van der Waals surface area contributed by atoms with Gasteiger partial charge in [0.05, 0.1) is 18.2 Å². The summed E-state index contributed by atoms with van der Waals surface area (Å²) in [5, 5.41) is 0. The van der Waals surface area contributed by atoms with Crippen molar-refractivity contribution in [3.05, 3.63) is 35.9 Å². The van der Waals surface area contributed by atoms with Crippen molar-refractivity contribution in [2.75, 3.05) is 13.1 Å². The summed E-state index contributed by atoms with van der Waals surface area (Å²) in [6.45, 7) is 3.27. The number of amides is 1. The molecule has 1 amide bonds. The molecule has 2 unspecified atom stereocenters. The normalized spacial score (nSPS) is 27.1. The number of hydrogen-bond acceptors (Lipinski definition) is 3. The average molecular weight is 339 g/mol. The molecule has 5 heteroatoms. The number of ether oxygens (including phenoxy) is 1. The van der Waals surface area contributed by atoms with Crippen molar-refractivity contribution in [3.63, 3.8) is 0 Å². The molecule has 1 heterocycles. The van der Waals surface area contributed by atoms with Gasteiger partial charge in [0.25, 0.3) is 0 Å². The molecule has 1 aliphatic heterocycles. The Kier molecular flexibility index (Phi) is 6.06. The van der Waals surface area contributed by atoms with Crippen LogP contribution in [-0.2, 0) is 9.53 Å². The number of nitrogens with zero attached hydrogens (tertiary/aromatic N) is 1. The van der Waals surface area contributed by atoms with Gasteiger partial charge >= 0.3 is 0 Å². The highest BCUT2D eigenvalue weighted by atomic mass is 35.5. The molecule has 0 spiro atoms. The molecule has 128 valence electrons. The van der Waals surface area contributed by atoms with E-state index in [2.05, 4.69) is 12.1 Å². The van der Waals surface area contributed by atoms with Crippen LogP contribution >= 0.6 is 12.4 Å². The molecule has 1 saturated carbocycles. The van der Waals surface area contributed by atoms with E-state index in [1.807, 2.05) is 30.0 Å². The summed E-state index contributed by atoms with van der Waals surface area (Å²) >= 11 is 0. The highest BCUT2D eigenvalue weighted by Crippen LogP contribution is 2.31. The maximum Gasteiger partial charge on any atom is 0.242 e. The van der Waals surface area contributed by atoms with E-state index in [-0.39, 0.29) is 30.5 Å². The monoisotopic (exact) mass is 338 g/mol. The smallest absolute Gasteiger partial charge is 0.242 e. The van der Waals surface area contributed by atoms with E-state index in [1.54, 1.807) is 0 Å². The molecule has 2 N–H and O–H groups in total. The van der Waals surface area contributed by atoms with E-state index < -0.39 is 5.54 Å². The zero-order chi connectivity index (χ0) is 15.6. The number of benzene rings is 1. The third-order valence-corrected chi connectivity index (χ3v) is 4.89. The number of carbonyl (C=O) groups excluding carboxylic acids is 1. The van der Waals surface area contributed by atoms with Gasteiger partial charge < -0.3 is 15.4 Å². The molecule has 4 nitrogen and oxygen atoms in total. The maximum absolute atomic E-state index is 12.9. The van der Waals surface area contributed by atoms with E-state index in [0.717, 1.165) is 31.2 Å². The zero-order valence-corrected chi connectivity index (χ0v) is 14.6. The van der Waals surface area contributed by atoms with Crippen LogP contribution in [0.3, 0.4) is 0 Å². The summed E-state index contributed by atoms with van der Waals surface area (Å²) in [6, 6.07) is 10.1. The highest BCUT2D eigenvalue weighted by molar-refractivity contribution is 5.86. The summed E-state index contributed by atoms with van der Waals surface area (Å²) in [5.41, 5.74) is 6.90. The minimum atomic E-state index is -0.656. The van der Waals surface area contributed by atoms with Crippen molar-refractivity contribution in [2.24, 2.45) is 5.73 Å². The predicted octanol–water partition coefficient (Wildman–Crippen LogP) is 3.06. The second kappa shape index (κ2) is 7.65. The first-order valence-corrected chi connectivity index (χ1v) is 8.37. The molecule has 1 aromatic carbocycles. The highest BCUT2D eigenvalue weighted by Gasteiger charge is 2.41. The van der Waals surface area contributed by atoms with E-state index in [1.165, 1.54) is 6.42 Å². The molecule has 1 saturated heterocycles. The molecule has 0 bridgehead atoms. The Morgan fingerprint density at radius 3 is 2.48 bits per heavy atom. The number of halogens is 1. The molecule has 1 aliphatic carbocycles. The number of rotatable bonds is 2. The fourth-order valence-electron chi connectivity index (χ4n) is 3.68. The molecule has 0 radical (unpaired) electrons. The van der Waals surface area contributed by atoms with Crippen LogP contribution in [0, 0.1) is 0 Å². The van der Waals surface area contributed by atoms with Crippen molar-refractivity contribution in [1.29, 1.82) is 0 Å². The summed E-state index contributed by atoms with van der Waals surface area (Å²) in [4.78, 5) is 14.9. The maximum atomic E-state index is 12.9. The summed E-state index contributed by atoms with van der Waals surface area (Å²) < 4.78 is 6.04.